The van der Waals surface area contributed by atoms with Crippen LogP contribution < -0.4 is 24.3 Å². The standard InChI is InChI=1S/C29H33NO4/c1-18(12-21-15-25-26(34-17-33-25)16-24(21)30-5)20-13-23(28(32-7)27(14-20)31-6)19-8-10-22(11-9-19)29(2,3)4/h8-16,30H,17H2,1-7H3/p+1/b18-12+. The van der Waals surface area contributed by atoms with Crippen molar-refractivity contribution in [1.82, 2.24) is 0 Å². The molecule has 0 saturated carbocycles. The molecule has 1 aliphatic rings. The van der Waals surface area contributed by atoms with Gasteiger partial charge in [-0.2, -0.15) is 0 Å². The molecule has 0 saturated heterocycles. The molecule has 3 aromatic carbocycles. The van der Waals surface area contributed by atoms with Crippen LogP contribution in [0.3, 0.4) is 0 Å². The molecule has 1 aliphatic heterocycles. The van der Waals surface area contributed by atoms with Crippen LogP contribution >= 0.6 is 0 Å². The molecule has 4 rings (SSSR count). The van der Waals surface area contributed by atoms with Crippen LogP contribution in [0, 0.1) is 0 Å². The zero-order valence-corrected chi connectivity index (χ0v) is 21.1. The summed E-state index contributed by atoms with van der Waals surface area (Å²) < 4.78 is 22.7. The smallest absolute Gasteiger partial charge is 0.231 e. The molecule has 0 bridgehead atoms. The molecule has 0 aromatic heterocycles. The summed E-state index contributed by atoms with van der Waals surface area (Å²) in [5.41, 5.74) is 7.82. The van der Waals surface area contributed by atoms with Gasteiger partial charge in [-0.1, -0.05) is 45.0 Å². The third kappa shape index (κ3) is 4.62. The van der Waals surface area contributed by atoms with E-state index in [2.05, 4.69) is 69.4 Å². The Morgan fingerprint density at radius 1 is 0.941 bits per heavy atom. The maximum absolute atomic E-state index is 5.78. The maximum atomic E-state index is 5.78. The molecule has 3 aromatic rings. The topological polar surface area (TPSA) is 53.5 Å². The third-order valence-electron chi connectivity index (χ3n) is 6.26. The number of hydrogen-bond acceptors (Lipinski definition) is 4. The zero-order valence-electron chi connectivity index (χ0n) is 21.1. The fourth-order valence-corrected chi connectivity index (χ4v) is 4.22. The van der Waals surface area contributed by atoms with Crippen molar-refractivity contribution in [3.63, 3.8) is 0 Å². The van der Waals surface area contributed by atoms with E-state index >= 15 is 0 Å². The molecule has 5 nitrogen and oxygen atoms in total. The van der Waals surface area contributed by atoms with Gasteiger partial charge < -0.3 is 24.3 Å². The Balaban J connectivity index is 1.80. The Morgan fingerprint density at radius 2 is 1.62 bits per heavy atom. The average molecular weight is 461 g/mol. The van der Waals surface area contributed by atoms with Gasteiger partial charge in [0, 0.05) is 17.2 Å². The molecule has 2 N–H and O–H groups in total. The first-order chi connectivity index (χ1) is 16.2. The van der Waals surface area contributed by atoms with E-state index in [1.54, 1.807) is 14.2 Å². The van der Waals surface area contributed by atoms with Crippen molar-refractivity contribution in [3.05, 3.63) is 65.2 Å². The number of methoxy groups -OCH3 is 2. The van der Waals surface area contributed by atoms with Crippen molar-refractivity contribution in [2.24, 2.45) is 0 Å². The summed E-state index contributed by atoms with van der Waals surface area (Å²) in [7, 11) is 5.39. The van der Waals surface area contributed by atoms with Crippen molar-refractivity contribution >= 4 is 17.3 Å². The highest BCUT2D eigenvalue weighted by Gasteiger charge is 2.20. The SMILES string of the molecule is C[NH2+]c1cc2c(cc1/C=C(\C)c1cc(OC)c(OC)c(-c3ccc(C(C)(C)C)cc3)c1)OCO2. The average Bonchev–Trinajstić information content (AvgIpc) is 3.29. The van der Waals surface area contributed by atoms with Crippen LogP contribution in [0.4, 0.5) is 5.69 Å². The molecule has 0 fully saturated rings. The molecule has 0 spiro atoms. The largest absolute Gasteiger partial charge is 0.493 e. The minimum Gasteiger partial charge on any atom is -0.493 e. The van der Waals surface area contributed by atoms with Gasteiger partial charge in [0.05, 0.1) is 21.3 Å². The van der Waals surface area contributed by atoms with Crippen LogP contribution in [0.5, 0.6) is 23.0 Å². The summed E-state index contributed by atoms with van der Waals surface area (Å²) in [6, 6.07) is 16.9. The first kappa shape index (κ1) is 23.7. The number of nitrogens with two attached hydrogens (primary N) is 1. The van der Waals surface area contributed by atoms with Crippen LogP contribution in [0.15, 0.2) is 48.5 Å². The molecule has 34 heavy (non-hydrogen) atoms. The predicted molar refractivity (Wildman–Crippen MR) is 137 cm³/mol. The number of rotatable bonds is 6. The molecule has 0 aliphatic carbocycles. The Bertz CT molecular complexity index is 1220. The third-order valence-corrected chi connectivity index (χ3v) is 6.26. The number of benzene rings is 3. The fraction of sp³-hybridized carbons (Fsp3) is 0.310. The fourth-order valence-electron chi connectivity index (χ4n) is 4.22. The maximum Gasteiger partial charge on any atom is 0.231 e. The lowest BCUT2D eigenvalue weighted by atomic mass is 9.86. The second-order valence-electron chi connectivity index (χ2n) is 9.54. The van der Waals surface area contributed by atoms with Gasteiger partial charge in [0.15, 0.2) is 23.0 Å². The molecular formula is C29H34NO4+. The highest BCUT2D eigenvalue weighted by Crippen LogP contribution is 2.42. The number of hydrogen-bond donors (Lipinski definition) is 1. The van der Waals surface area contributed by atoms with Crippen LogP contribution in [-0.2, 0) is 5.41 Å². The number of fused-ring (bicyclic) bond motifs is 1. The molecule has 0 radical (unpaired) electrons. The van der Waals surface area contributed by atoms with Gasteiger partial charge in [-0.05, 0) is 58.9 Å². The summed E-state index contributed by atoms with van der Waals surface area (Å²) in [6.45, 7) is 9.03. The first-order valence-corrected chi connectivity index (χ1v) is 11.5. The van der Waals surface area contributed by atoms with Crippen molar-refractivity contribution in [3.8, 4) is 34.1 Å². The summed E-state index contributed by atoms with van der Waals surface area (Å²) in [4.78, 5) is 0. The van der Waals surface area contributed by atoms with Gasteiger partial charge in [0.1, 0.15) is 5.69 Å². The van der Waals surface area contributed by atoms with Gasteiger partial charge in [-0.3, -0.25) is 0 Å². The van der Waals surface area contributed by atoms with Gasteiger partial charge in [0.25, 0.3) is 0 Å². The number of allylic oxidation sites excluding steroid dienone is 1. The van der Waals surface area contributed by atoms with E-state index in [0.29, 0.717) is 5.75 Å². The van der Waals surface area contributed by atoms with Gasteiger partial charge in [-0.15, -0.1) is 0 Å². The zero-order chi connectivity index (χ0) is 24.5. The second-order valence-corrected chi connectivity index (χ2v) is 9.54. The van der Waals surface area contributed by atoms with Crippen LogP contribution in [-0.4, -0.2) is 28.1 Å². The normalized spacial score (nSPS) is 13.2. The van der Waals surface area contributed by atoms with E-state index in [9.17, 15) is 0 Å². The molecular weight excluding hydrogens is 426 g/mol. The molecule has 1 heterocycles. The second kappa shape index (κ2) is 9.43. The Morgan fingerprint density at radius 3 is 2.21 bits per heavy atom. The van der Waals surface area contributed by atoms with E-state index in [-0.39, 0.29) is 12.2 Å². The lowest BCUT2D eigenvalue weighted by Crippen LogP contribution is -2.73. The monoisotopic (exact) mass is 460 g/mol. The molecule has 178 valence electrons. The predicted octanol–water partition coefficient (Wildman–Crippen LogP) is 5.78. The lowest BCUT2D eigenvalue weighted by molar-refractivity contribution is -0.539. The van der Waals surface area contributed by atoms with Gasteiger partial charge in [-0.25, -0.2) is 0 Å². The molecule has 0 unspecified atom stereocenters. The van der Waals surface area contributed by atoms with E-state index in [0.717, 1.165) is 50.8 Å². The van der Waals surface area contributed by atoms with Gasteiger partial charge >= 0.3 is 0 Å². The minimum absolute atomic E-state index is 0.0973. The summed E-state index contributed by atoms with van der Waals surface area (Å²) in [5.74, 6) is 3.00. The van der Waals surface area contributed by atoms with Crippen molar-refractivity contribution in [1.29, 1.82) is 0 Å². The van der Waals surface area contributed by atoms with Crippen LogP contribution in [0.25, 0.3) is 22.8 Å². The van der Waals surface area contributed by atoms with E-state index in [1.165, 1.54) is 5.56 Å². The van der Waals surface area contributed by atoms with E-state index in [1.807, 2.05) is 25.2 Å². The molecule has 5 heteroatoms. The Labute approximate surface area is 202 Å². The van der Waals surface area contributed by atoms with Crippen molar-refractivity contribution in [2.45, 2.75) is 33.1 Å². The Hall–Kier alpha value is -3.44. The molecule has 0 amide bonds. The summed E-state index contributed by atoms with van der Waals surface area (Å²) in [5, 5.41) is 2.08. The van der Waals surface area contributed by atoms with Crippen LogP contribution in [0.2, 0.25) is 0 Å². The summed E-state index contributed by atoms with van der Waals surface area (Å²) >= 11 is 0. The quantitative estimate of drug-likeness (QED) is 0.374. The highest BCUT2D eigenvalue weighted by molar-refractivity contribution is 5.87. The van der Waals surface area contributed by atoms with Crippen LogP contribution in [0.1, 0.15) is 44.4 Å². The minimum atomic E-state index is 0.0973. The van der Waals surface area contributed by atoms with E-state index in [4.69, 9.17) is 18.9 Å². The summed E-state index contributed by atoms with van der Waals surface area (Å²) in [6.07, 6.45) is 2.17. The molecule has 0 atom stereocenters. The number of quaternary nitrogens is 1. The van der Waals surface area contributed by atoms with E-state index < -0.39 is 0 Å². The highest BCUT2D eigenvalue weighted by atomic mass is 16.7. The number of ether oxygens (including phenoxy) is 4. The van der Waals surface area contributed by atoms with Gasteiger partial charge in [0.2, 0.25) is 6.79 Å². The Kier molecular flexibility index (Phi) is 6.58. The van der Waals surface area contributed by atoms with Crippen molar-refractivity contribution in [2.75, 3.05) is 28.1 Å². The lowest BCUT2D eigenvalue weighted by Gasteiger charge is -2.20. The van der Waals surface area contributed by atoms with Crippen molar-refractivity contribution < 1.29 is 24.3 Å². The first-order valence-electron chi connectivity index (χ1n) is 11.5.